The summed E-state index contributed by atoms with van der Waals surface area (Å²) in [5.41, 5.74) is 10.9. The monoisotopic (exact) mass is 1810 g/mol. The second-order valence-corrected chi connectivity index (χ2v) is 38.5. The van der Waals surface area contributed by atoms with Gasteiger partial charge in [-0.1, -0.05) is 92.7 Å². The molecule has 0 saturated carbocycles. The van der Waals surface area contributed by atoms with Crippen molar-refractivity contribution < 1.29 is 62.0 Å². The number of carbonyl (C=O) groups is 8. The van der Waals surface area contributed by atoms with Crippen molar-refractivity contribution in [1.82, 2.24) is 70.4 Å². The summed E-state index contributed by atoms with van der Waals surface area (Å²) in [7, 11) is 6.05. The van der Waals surface area contributed by atoms with Crippen LogP contribution >= 0.6 is 0 Å². The van der Waals surface area contributed by atoms with Gasteiger partial charge in [0, 0.05) is 148 Å². The second-order valence-electron chi connectivity index (χ2n) is 38.5. The normalized spacial score (nSPS) is 27.2. The largest absolute Gasteiger partial charge is 0.481 e. The van der Waals surface area contributed by atoms with Crippen molar-refractivity contribution >= 4 is 46.9 Å². The van der Waals surface area contributed by atoms with Crippen LogP contribution in [0.1, 0.15) is 214 Å². The van der Waals surface area contributed by atoms with Gasteiger partial charge < -0.3 is 53.5 Å². The van der Waals surface area contributed by atoms with Gasteiger partial charge in [-0.3, -0.25) is 24.4 Å². The van der Waals surface area contributed by atoms with E-state index in [0.29, 0.717) is 79.8 Å². The molecule has 15 atom stereocenters. The number of hydrogen-bond donors (Lipinski definition) is 2. The molecule has 0 bridgehead atoms. The Morgan fingerprint density at radius 1 is 0.448 bits per heavy atom. The number of nitrogens with zero attached hydrogens (tertiary/aromatic N) is 16. The standard InChI is InChI=1S/C23H30N4O4.C22H23N3O3.C21H20N4O.C20H24N4O3.C17H19N3O2/c1-13-15-9-8-14-19(23(15,5)12-16(24-6)18(13)28)26-17(27-20(14)30-7)10-11-25-21(29)31-22(2,3)4;1-13-15-5-6-16-21(2,10-7-17(26)22(16,3)20(27)28-4)18(15)25-19(24-13)14-8-11-23-12-9-14;1-12-16-6-5-15-13(2)24-20(14-7-9-23-10-8-14)25-19(15)21(16,3)11-17(22-4)18(12)26;1-11-14-7-6-13-18(20(14,3)10-15(21-4)17(11)26)23-16(24-19(13)27-5)8-9-22-12(2)25;1-9-12-7-6-11-10(2)19-16(22-5)20-15(11)17(12,3)8-13(18-4)14(9)21/h12-13,15H,8-11H2,1-5,7H3,(H,25,29);7-12,16H,5-6H2,1-4H3;7-12,16H,5-6H2,1-3H3;10-11,14H,6-9H2,1-3,5H3,(H,22,25);8-9,12H,6-7H2,1-3,5H3/t13-,15-,23-;16-,21+,22+;12-,16-,21-;11-,14-,20-;9-,12-,17-/m10111/s1. The summed E-state index contributed by atoms with van der Waals surface area (Å²) in [6.45, 7) is 62.9. The van der Waals surface area contributed by atoms with Crippen molar-refractivity contribution in [3.8, 4) is 40.5 Å². The molecule has 696 valence electrons. The van der Waals surface area contributed by atoms with Crippen LogP contribution in [0.2, 0.25) is 0 Å². The molecule has 2 amide bonds. The fourth-order valence-electron chi connectivity index (χ4n) is 22.4. The lowest BCUT2D eigenvalue weighted by Gasteiger charge is -2.49. The van der Waals surface area contributed by atoms with Crippen LogP contribution in [0.3, 0.4) is 0 Å². The molecule has 10 aliphatic carbocycles. The quantitative estimate of drug-likeness (QED) is 0.0652. The number of ether oxygens (including phenoxy) is 5. The molecule has 0 aliphatic heterocycles. The maximum atomic E-state index is 12.8. The first-order valence-corrected chi connectivity index (χ1v) is 45.5. The fourth-order valence-corrected chi connectivity index (χ4v) is 22.4. The number of amides is 2. The molecule has 0 radical (unpaired) electrons. The van der Waals surface area contributed by atoms with Gasteiger partial charge in [-0.05, 0) is 189 Å². The zero-order valence-electron chi connectivity index (χ0n) is 80.1. The maximum Gasteiger partial charge on any atom is 0.407 e. The number of aryl methyl sites for hydroxylation is 3. The third kappa shape index (κ3) is 18.1. The highest BCUT2D eigenvalue weighted by Gasteiger charge is 2.60. The number of methoxy groups -OCH3 is 4. The lowest BCUT2D eigenvalue weighted by Crippen LogP contribution is -2.55. The first kappa shape index (κ1) is 97.8. The number of allylic oxidation sites excluding steroid dienone is 10. The summed E-state index contributed by atoms with van der Waals surface area (Å²) >= 11 is 0. The molecule has 17 rings (SSSR count). The van der Waals surface area contributed by atoms with Crippen molar-refractivity contribution in [3.05, 3.63) is 239 Å². The third-order valence-electron chi connectivity index (χ3n) is 29.4. The topological polar surface area (TPSA) is 379 Å². The number of fused-ring (bicyclic) bond motifs is 15. The van der Waals surface area contributed by atoms with Gasteiger partial charge >= 0.3 is 18.1 Å². The molecule has 31 heteroatoms. The van der Waals surface area contributed by atoms with Gasteiger partial charge in [-0.25, -0.2) is 59.1 Å². The highest BCUT2D eigenvalue weighted by Crippen LogP contribution is 2.58. The molecule has 0 fully saturated rings. The van der Waals surface area contributed by atoms with E-state index in [0.717, 1.165) is 136 Å². The Morgan fingerprint density at radius 2 is 0.791 bits per heavy atom. The summed E-state index contributed by atoms with van der Waals surface area (Å²) < 4.78 is 26.6. The number of carbonyl (C=O) groups excluding carboxylic acids is 8. The zero-order valence-corrected chi connectivity index (χ0v) is 80.1. The van der Waals surface area contributed by atoms with E-state index in [-0.39, 0.29) is 111 Å². The zero-order chi connectivity index (χ0) is 97.4. The van der Waals surface area contributed by atoms with Gasteiger partial charge in [0.15, 0.2) is 40.6 Å². The molecule has 0 spiro atoms. The first-order valence-electron chi connectivity index (χ1n) is 45.5. The van der Waals surface area contributed by atoms with Crippen molar-refractivity contribution in [1.29, 1.82) is 0 Å². The number of Topliss-reactive ketones (excluding diaryl/α,β-unsaturated/α-hetero) is 4. The number of pyridine rings is 2. The molecule has 7 aromatic heterocycles. The van der Waals surface area contributed by atoms with E-state index in [2.05, 4.69) is 80.7 Å². The Balaban J connectivity index is 0.000000143. The summed E-state index contributed by atoms with van der Waals surface area (Å²) in [6.07, 6.45) is 26.0. The Hall–Kier alpha value is -13.7. The first-order chi connectivity index (χ1) is 63.5. The van der Waals surface area contributed by atoms with Crippen LogP contribution in [0.15, 0.2) is 108 Å². The van der Waals surface area contributed by atoms with Gasteiger partial charge in [-0.15, -0.1) is 0 Å². The fraction of sp³-hybridized carbons (Fsp3) is 0.495. The van der Waals surface area contributed by atoms with E-state index >= 15 is 0 Å². The van der Waals surface area contributed by atoms with E-state index < -0.39 is 50.2 Å². The van der Waals surface area contributed by atoms with Gasteiger partial charge in [0.2, 0.25) is 40.5 Å². The summed E-state index contributed by atoms with van der Waals surface area (Å²) in [6, 6.07) is 7.90. The van der Waals surface area contributed by atoms with Gasteiger partial charge in [-0.2, -0.15) is 15.0 Å². The average Bonchev–Trinajstić information content (AvgIpc) is 0.730. The highest BCUT2D eigenvalue weighted by atomic mass is 16.6. The maximum absolute atomic E-state index is 12.8. The van der Waals surface area contributed by atoms with Crippen LogP contribution in [0.4, 0.5) is 4.79 Å². The van der Waals surface area contributed by atoms with Crippen molar-refractivity contribution in [2.75, 3.05) is 41.5 Å². The predicted molar refractivity (Wildman–Crippen MR) is 496 cm³/mol. The summed E-state index contributed by atoms with van der Waals surface area (Å²) in [4.78, 5) is 167. The van der Waals surface area contributed by atoms with Crippen LogP contribution < -0.4 is 24.8 Å². The molecule has 0 unspecified atom stereocenters. The van der Waals surface area contributed by atoms with Crippen molar-refractivity contribution in [2.24, 2.45) is 58.7 Å². The van der Waals surface area contributed by atoms with Crippen LogP contribution in [-0.2, 0) is 115 Å². The lowest BCUT2D eigenvalue weighted by molar-refractivity contribution is -0.162. The molecular weight excluding hydrogens is 1700 g/mol. The minimum absolute atomic E-state index is 0.0361. The molecule has 7 heterocycles. The Labute approximate surface area is 782 Å². The Morgan fingerprint density at radius 3 is 1.14 bits per heavy atom. The predicted octanol–water partition coefficient (Wildman–Crippen LogP) is 14.7. The Bertz CT molecular complexity index is 6290. The third-order valence-corrected chi connectivity index (χ3v) is 29.4. The molecule has 0 aromatic carbocycles. The molecule has 31 nitrogen and oxygen atoms in total. The van der Waals surface area contributed by atoms with Gasteiger partial charge in [0.05, 0.1) is 83.2 Å². The lowest BCUT2D eigenvalue weighted by atomic mass is 9.53. The molecule has 0 saturated heterocycles. The van der Waals surface area contributed by atoms with Gasteiger partial charge in [0.1, 0.15) is 22.7 Å². The van der Waals surface area contributed by atoms with Crippen LogP contribution in [0, 0.1) is 106 Å². The van der Waals surface area contributed by atoms with Crippen LogP contribution in [0.25, 0.3) is 42.2 Å². The summed E-state index contributed by atoms with van der Waals surface area (Å²) in [5, 5.41) is 5.47. The van der Waals surface area contributed by atoms with Crippen molar-refractivity contribution in [3.63, 3.8) is 0 Å². The molecule has 134 heavy (non-hydrogen) atoms. The average molecular weight is 1810 g/mol. The number of esters is 1. The van der Waals surface area contributed by atoms with Crippen LogP contribution in [0.5, 0.6) is 17.8 Å². The summed E-state index contributed by atoms with van der Waals surface area (Å²) in [5.74, 6) is 1.90. The smallest absolute Gasteiger partial charge is 0.407 e. The molecule has 7 aromatic rings. The Kier molecular flexibility index (Phi) is 28.1. The van der Waals surface area contributed by atoms with E-state index in [9.17, 15) is 38.4 Å². The number of nitrogens with one attached hydrogen (secondary N) is 2. The minimum Gasteiger partial charge on any atom is -0.481 e. The second kappa shape index (κ2) is 38.5. The molecule has 10 aliphatic rings. The van der Waals surface area contributed by atoms with Crippen molar-refractivity contribution in [2.45, 2.75) is 227 Å². The SMILES string of the molecule is COC(=O)[C@@]1(C)C(=O)C=C[C@@]2(C)c3nc(-c4ccncc4)nc(C)c3CC[C@H]12.[C-]#[N+]C1=C[C@@]2(C)c3nc(-c4ccncc4)nc(C)c3CC[C@@H]2[C@@H](C)C1=O.[C-]#[N+]C1=C[C@@]2(C)c3nc(CCNC(=O)OC(C)(C)C)nc(OC)c3CC[C@@H]2[C@@H](C)C1=O.[C-]#[N+]C1=C[C@@]2(C)c3nc(CCNC(C)=O)nc(OC)c3CC[C@@H]2[C@@H](C)C1=O.[C-]#[N+]C1=C[C@@]2(C)c3nc(OC)nc(C)c3CC[C@@H]2[C@@H](C)C1=O. The van der Waals surface area contributed by atoms with Gasteiger partial charge in [0.25, 0.3) is 0 Å². The van der Waals surface area contributed by atoms with E-state index in [4.69, 9.17) is 79.9 Å². The number of rotatable bonds is 12. The van der Waals surface area contributed by atoms with E-state index in [1.807, 2.05) is 126 Å². The minimum atomic E-state index is -1.22. The number of hydrogen-bond acceptors (Lipinski definition) is 25. The molecular formula is C103H116N18O13. The highest BCUT2D eigenvalue weighted by molar-refractivity contribution is 6.10. The van der Waals surface area contributed by atoms with E-state index in [1.165, 1.54) is 20.1 Å². The number of ketones is 5. The van der Waals surface area contributed by atoms with Crippen LogP contribution in [-0.4, -0.2) is 154 Å². The number of aromatic nitrogens is 12. The number of alkyl carbamates (subject to hydrolysis) is 1. The molecule has 2 N–H and O–H groups in total. The van der Waals surface area contributed by atoms with E-state index in [1.54, 1.807) is 65.2 Å².